The van der Waals surface area contributed by atoms with Gasteiger partial charge in [0.15, 0.2) is 0 Å². The molecule has 4 N–H and O–H groups in total. The highest BCUT2D eigenvalue weighted by Crippen LogP contribution is 2.46. The third kappa shape index (κ3) is 2.55. The maximum absolute atomic E-state index is 11.7. The molecule has 0 aliphatic carbocycles. The van der Waals surface area contributed by atoms with Gasteiger partial charge in [0, 0.05) is 11.6 Å². The van der Waals surface area contributed by atoms with Crippen molar-refractivity contribution in [3.8, 4) is 0 Å². The second-order valence-electron chi connectivity index (χ2n) is 6.53. The summed E-state index contributed by atoms with van der Waals surface area (Å²) in [7, 11) is 0. The van der Waals surface area contributed by atoms with Crippen molar-refractivity contribution in [3.63, 3.8) is 0 Å². The highest BCUT2D eigenvalue weighted by molar-refractivity contribution is 5.89. The number of carboxylic acid groups (broad SMARTS) is 2. The topological polar surface area (TPSA) is 98.7 Å². The summed E-state index contributed by atoms with van der Waals surface area (Å²) in [6.45, 7) is 0. The number of hydrogen-bond acceptors (Lipinski definition) is 4. The van der Waals surface area contributed by atoms with Crippen LogP contribution in [0.4, 0.5) is 5.69 Å². The second-order valence-corrected chi connectivity index (χ2v) is 6.53. The van der Waals surface area contributed by atoms with Gasteiger partial charge in [-0.05, 0) is 29.7 Å². The summed E-state index contributed by atoms with van der Waals surface area (Å²) in [4.78, 5) is 23.3. The van der Waals surface area contributed by atoms with E-state index in [-0.39, 0.29) is 17.5 Å². The number of hydrogen-bond donors (Lipinski definition) is 4. The molecule has 4 rings (SSSR count). The van der Waals surface area contributed by atoms with Gasteiger partial charge >= 0.3 is 11.9 Å². The minimum Gasteiger partial charge on any atom is -0.480 e. The van der Waals surface area contributed by atoms with Gasteiger partial charge in [-0.3, -0.25) is 10.1 Å². The van der Waals surface area contributed by atoms with Gasteiger partial charge in [0.2, 0.25) is 0 Å². The fourth-order valence-electron chi connectivity index (χ4n) is 4.08. The lowest BCUT2D eigenvalue weighted by molar-refractivity contribution is -0.140. The van der Waals surface area contributed by atoms with Crippen LogP contribution in [0.2, 0.25) is 0 Å². The third-order valence-corrected chi connectivity index (χ3v) is 5.17. The molecule has 2 heterocycles. The van der Waals surface area contributed by atoms with Crippen LogP contribution in [0.1, 0.15) is 39.9 Å². The molecule has 1 saturated heterocycles. The van der Waals surface area contributed by atoms with Crippen molar-refractivity contribution in [2.45, 2.75) is 30.5 Å². The molecule has 1 fully saturated rings. The van der Waals surface area contributed by atoms with E-state index in [2.05, 4.69) is 10.6 Å². The molecule has 2 aromatic rings. The molecule has 0 saturated carbocycles. The van der Waals surface area contributed by atoms with E-state index in [1.165, 1.54) is 0 Å². The Kier molecular flexibility index (Phi) is 3.69. The first-order chi connectivity index (χ1) is 12.1. The van der Waals surface area contributed by atoms with E-state index in [1.54, 1.807) is 24.3 Å². The van der Waals surface area contributed by atoms with Crippen molar-refractivity contribution in [3.05, 3.63) is 65.2 Å². The lowest BCUT2D eigenvalue weighted by Gasteiger charge is -2.39. The smallest absolute Gasteiger partial charge is 0.336 e. The number of nitrogens with one attached hydrogen (secondary N) is 2. The molecule has 2 aliphatic heterocycles. The number of piperidine rings is 1. The van der Waals surface area contributed by atoms with Crippen LogP contribution in [-0.2, 0) is 4.79 Å². The number of fused-ring (bicyclic) bond motifs is 3. The Morgan fingerprint density at radius 2 is 1.64 bits per heavy atom. The molecule has 25 heavy (non-hydrogen) atoms. The van der Waals surface area contributed by atoms with E-state index in [4.69, 9.17) is 0 Å². The predicted octanol–water partition coefficient (Wildman–Crippen LogP) is 2.45. The molecule has 0 amide bonds. The maximum atomic E-state index is 11.7. The van der Waals surface area contributed by atoms with Gasteiger partial charge in [-0.15, -0.1) is 0 Å². The molecule has 0 bridgehead atoms. The quantitative estimate of drug-likeness (QED) is 0.686. The second kappa shape index (κ2) is 5.89. The van der Waals surface area contributed by atoms with Gasteiger partial charge in [-0.25, -0.2) is 4.79 Å². The molecular formula is C19H18N2O4. The zero-order chi connectivity index (χ0) is 17.6. The van der Waals surface area contributed by atoms with E-state index in [1.807, 2.05) is 24.3 Å². The predicted molar refractivity (Wildman–Crippen MR) is 91.9 cm³/mol. The number of aromatic carboxylic acids is 1. The van der Waals surface area contributed by atoms with Crippen LogP contribution in [-0.4, -0.2) is 34.2 Å². The molecule has 4 atom stereocenters. The lowest BCUT2D eigenvalue weighted by atomic mass is 9.78. The highest BCUT2D eigenvalue weighted by Gasteiger charge is 2.46. The Hall–Kier alpha value is -2.86. The monoisotopic (exact) mass is 338 g/mol. The summed E-state index contributed by atoms with van der Waals surface area (Å²) >= 11 is 0. The maximum Gasteiger partial charge on any atom is 0.336 e. The summed E-state index contributed by atoms with van der Waals surface area (Å²) in [6, 6.07) is 13.4. The first-order valence-corrected chi connectivity index (χ1v) is 8.23. The number of carboxylic acids is 2. The van der Waals surface area contributed by atoms with E-state index >= 15 is 0 Å². The van der Waals surface area contributed by atoms with Crippen LogP contribution in [0.5, 0.6) is 0 Å². The van der Waals surface area contributed by atoms with E-state index in [9.17, 15) is 19.8 Å². The van der Waals surface area contributed by atoms with E-state index in [0.717, 1.165) is 11.3 Å². The average Bonchev–Trinajstić information content (AvgIpc) is 2.99. The molecule has 2 aromatic carbocycles. The standard InChI is InChI=1S/C19H18N2O4/c22-18(23)12-7-2-1-6-11(12)16-17-13(9-15(21-16)19(24)25)10-5-3-4-8-14(10)20-17/h1-8,13,15-17,20-21H,9H2,(H,22,23)(H,24,25)/t13-,15+,16+,17+/m0/s1. The minimum absolute atomic E-state index is 0.0189. The van der Waals surface area contributed by atoms with E-state index < -0.39 is 24.0 Å². The Bertz CT molecular complexity index is 851. The first-order valence-electron chi connectivity index (χ1n) is 8.23. The minimum atomic E-state index is -1.01. The molecule has 0 radical (unpaired) electrons. The highest BCUT2D eigenvalue weighted by atomic mass is 16.4. The Morgan fingerprint density at radius 3 is 2.36 bits per heavy atom. The van der Waals surface area contributed by atoms with Crippen molar-refractivity contribution in [1.29, 1.82) is 0 Å². The third-order valence-electron chi connectivity index (χ3n) is 5.17. The average molecular weight is 338 g/mol. The normalized spacial score (nSPS) is 27.0. The van der Waals surface area contributed by atoms with Gasteiger partial charge in [-0.2, -0.15) is 0 Å². The largest absolute Gasteiger partial charge is 0.480 e. The van der Waals surface area contributed by atoms with Gasteiger partial charge in [-0.1, -0.05) is 36.4 Å². The number of carbonyl (C=O) groups is 2. The molecule has 0 aromatic heterocycles. The number of rotatable bonds is 3. The fourth-order valence-corrected chi connectivity index (χ4v) is 4.08. The van der Waals surface area contributed by atoms with Crippen molar-refractivity contribution in [2.75, 3.05) is 5.32 Å². The molecule has 128 valence electrons. The van der Waals surface area contributed by atoms with E-state index in [0.29, 0.717) is 12.0 Å². The van der Waals surface area contributed by atoms with Crippen molar-refractivity contribution >= 4 is 17.6 Å². The van der Waals surface area contributed by atoms with Gasteiger partial charge < -0.3 is 15.5 Å². The van der Waals surface area contributed by atoms with Crippen LogP contribution in [0, 0.1) is 0 Å². The van der Waals surface area contributed by atoms with Gasteiger partial charge in [0.25, 0.3) is 0 Å². The fraction of sp³-hybridized carbons (Fsp3) is 0.263. The summed E-state index contributed by atoms with van der Waals surface area (Å²) in [5.41, 5.74) is 2.89. The lowest BCUT2D eigenvalue weighted by Crippen LogP contribution is -2.52. The van der Waals surface area contributed by atoms with Crippen LogP contribution in [0.25, 0.3) is 0 Å². The van der Waals surface area contributed by atoms with Crippen molar-refractivity contribution in [2.24, 2.45) is 0 Å². The summed E-state index contributed by atoms with van der Waals surface area (Å²) in [5.74, 6) is -1.91. The zero-order valence-electron chi connectivity index (χ0n) is 13.3. The Morgan fingerprint density at radius 1 is 0.960 bits per heavy atom. The molecular weight excluding hydrogens is 320 g/mol. The van der Waals surface area contributed by atoms with Crippen LogP contribution in [0.3, 0.4) is 0 Å². The molecule has 2 aliphatic rings. The summed E-state index contributed by atoms with van der Waals surface area (Å²) in [5, 5.41) is 25.7. The molecule has 0 unspecified atom stereocenters. The number of para-hydroxylation sites is 1. The molecule has 6 nitrogen and oxygen atoms in total. The van der Waals surface area contributed by atoms with Gasteiger partial charge in [0.1, 0.15) is 6.04 Å². The van der Waals surface area contributed by atoms with Gasteiger partial charge in [0.05, 0.1) is 17.6 Å². The number of anilines is 1. The Labute approximate surface area is 144 Å². The first kappa shape index (κ1) is 15.7. The Balaban J connectivity index is 1.80. The molecule has 6 heteroatoms. The van der Waals surface area contributed by atoms with Crippen molar-refractivity contribution < 1.29 is 19.8 Å². The van der Waals surface area contributed by atoms with Crippen LogP contribution < -0.4 is 10.6 Å². The van der Waals surface area contributed by atoms with Crippen LogP contribution >= 0.6 is 0 Å². The SMILES string of the molecule is O=C(O)c1ccccc1[C@H]1N[C@@H](C(=O)O)C[C@H]2c3ccccc3N[C@@H]12. The van der Waals surface area contributed by atoms with Crippen molar-refractivity contribution in [1.82, 2.24) is 5.32 Å². The van der Waals surface area contributed by atoms with Crippen LogP contribution in [0.15, 0.2) is 48.5 Å². The summed E-state index contributed by atoms with van der Waals surface area (Å²) < 4.78 is 0. The number of aliphatic carboxylic acids is 1. The molecule has 0 spiro atoms. The number of benzene rings is 2. The summed E-state index contributed by atoms with van der Waals surface area (Å²) in [6.07, 6.45) is 0.468. The zero-order valence-corrected chi connectivity index (χ0v) is 13.3.